The molecule has 1 N–H and O–H groups in total. The van der Waals surface area contributed by atoms with Crippen LogP contribution in [0.4, 0.5) is 5.69 Å². The Morgan fingerprint density at radius 1 is 1.07 bits per heavy atom. The number of halogens is 1. The molecule has 1 amide bonds. The molecular formula is C22H22ClN5O. The fourth-order valence-corrected chi connectivity index (χ4v) is 3.91. The zero-order valence-corrected chi connectivity index (χ0v) is 16.8. The Kier molecular flexibility index (Phi) is 5.81. The van der Waals surface area contributed by atoms with Crippen LogP contribution in [0.1, 0.15) is 11.1 Å². The highest BCUT2D eigenvalue weighted by Crippen LogP contribution is 2.21. The molecule has 2 aromatic heterocycles. The first-order chi connectivity index (χ1) is 14.1. The zero-order valence-electron chi connectivity index (χ0n) is 16.0. The normalized spacial score (nSPS) is 15.3. The van der Waals surface area contributed by atoms with Gasteiger partial charge in [-0.05, 0) is 24.3 Å². The van der Waals surface area contributed by atoms with Gasteiger partial charge >= 0.3 is 0 Å². The summed E-state index contributed by atoms with van der Waals surface area (Å²) >= 11 is 6.10. The van der Waals surface area contributed by atoms with E-state index in [9.17, 15) is 10.1 Å². The molecule has 7 heteroatoms. The van der Waals surface area contributed by atoms with Gasteiger partial charge in [0.2, 0.25) is 5.91 Å². The summed E-state index contributed by atoms with van der Waals surface area (Å²) in [7, 11) is 0. The van der Waals surface area contributed by atoms with E-state index in [0.29, 0.717) is 17.3 Å². The minimum atomic E-state index is -0.0583. The van der Waals surface area contributed by atoms with E-state index in [1.54, 1.807) is 12.1 Å². The van der Waals surface area contributed by atoms with Gasteiger partial charge in [0.05, 0.1) is 28.3 Å². The molecule has 6 nitrogen and oxygen atoms in total. The monoisotopic (exact) mass is 407 g/mol. The smallest absolute Gasteiger partial charge is 0.238 e. The number of aromatic nitrogens is 1. The van der Waals surface area contributed by atoms with Crippen molar-refractivity contribution in [2.24, 2.45) is 0 Å². The molecule has 1 saturated heterocycles. The standard InChI is InChI=1S/C22H22ClN5O/c23-19-5-1-2-6-20(19)25-22(29)16-27-11-9-26(10-12-27)14-17-15-28-8-4-3-7-21(28)18(17)13-24/h1-8,15H,9-12,14,16H2,(H,25,29). The lowest BCUT2D eigenvalue weighted by Crippen LogP contribution is -2.48. The number of hydrogen-bond acceptors (Lipinski definition) is 4. The van der Waals surface area contributed by atoms with E-state index >= 15 is 0 Å². The lowest BCUT2D eigenvalue weighted by molar-refractivity contribution is -0.117. The minimum Gasteiger partial charge on any atom is -0.324 e. The molecule has 1 fully saturated rings. The Bertz CT molecular complexity index is 1060. The van der Waals surface area contributed by atoms with Gasteiger partial charge in [-0.15, -0.1) is 0 Å². The van der Waals surface area contributed by atoms with Crippen LogP contribution in [0.3, 0.4) is 0 Å². The molecule has 0 radical (unpaired) electrons. The van der Waals surface area contributed by atoms with Crippen molar-refractivity contribution in [2.45, 2.75) is 6.54 Å². The van der Waals surface area contributed by atoms with Crippen molar-refractivity contribution in [1.29, 1.82) is 5.26 Å². The number of pyridine rings is 1. The van der Waals surface area contributed by atoms with E-state index in [4.69, 9.17) is 11.6 Å². The van der Waals surface area contributed by atoms with Crippen LogP contribution in [0.2, 0.25) is 5.02 Å². The number of hydrogen-bond donors (Lipinski definition) is 1. The van der Waals surface area contributed by atoms with Crippen LogP contribution >= 0.6 is 11.6 Å². The van der Waals surface area contributed by atoms with Crippen LogP contribution in [0.15, 0.2) is 54.9 Å². The van der Waals surface area contributed by atoms with Crippen LogP contribution in [-0.4, -0.2) is 52.8 Å². The number of anilines is 1. The van der Waals surface area contributed by atoms with Crippen molar-refractivity contribution < 1.29 is 4.79 Å². The van der Waals surface area contributed by atoms with E-state index in [0.717, 1.165) is 49.4 Å². The maximum absolute atomic E-state index is 12.3. The molecule has 0 saturated carbocycles. The Morgan fingerprint density at radius 2 is 1.79 bits per heavy atom. The second-order valence-corrected chi connectivity index (χ2v) is 7.62. The van der Waals surface area contributed by atoms with Crippen molar-refractivity contribution in [3.8, 4) is 6.07 Å². The molecule has 3 heterocycles. The summed E-state index contributed by atoms with van der Waals surface area (Å²) < 4.78 is 2.00. The number of nitriles is 1. The van der Waals surface area contributed by atoms with Gasteiger partial charge in [0.15, 0.2) is 0 Å². The van der Waals surface area contributed by atoms with Crippen molar-refractivity contribution in [2.75, 3.05) is 38.0 Å². The number of amides is 1. The molecule has 1 aliphatic heterocycles. The molecule has 0 atom stereocenters. The minimum absolute atomic E-state index is 0.0583. The van der Waals surface area contributed by atoms with Crippen LogP contribution in [0.5, 0.6) is 0 Å². The molecule has 3 aromatic rings. The predicted molar refractivity (Wildman–Crippen MR) is 114 cm³/mol. The SMILES string of the molecule is N#Cc1c(CN2CCN(CC(=O)Nc3ccccc3Cl)CC2)cn2ccccc12. The number of rotatable bonds is 5. The van der Waals surface area contributed by atoms with Crippen LogP contribution in [0.25, 0.3) is 5.52 Å². The zero-order chi connectivity index (χ0) is 20.2. The summed E-state index contributed by atoms with van der Waals surface area (Å²) in [5, 5.41) is 13.0. The maximum Gasteiger partial charge on any atom is 0.238 e. The summed E-state index contributed by atoms with van der Waals surface area (Å²) in [5.74, 6) is -0.0583. The summed E-state index contributed by atoms with van der Waals surface area (Å²) in [6, 6.07) is 15.5. The third-order valence-corrected chi connectivity index (χ3v) is 5.58. The van der Waals surface area contributed by atoms with E-state index in [1.165, 1.54) is 0 Å². The van der Waals surface area contributed by atoms with Crippen molar-refractivity contribution in [3.05, 3.63) is 71.0 Å². The lowest BCUT2D eigenvalue weighted by Gasteiger charge is -2.34. The number of para-hydroxylation sites is 1. The van der Waals surface area contributed by atoms with Gasteiger partial charge in [-0.2, -0.15) is 5.26 Å². The highest BCUT2D eigenvalue weighted by atomic mass is 35.5. The first-order valence-electron chi connectivity index (χ1n) is 9.62. The average Bonchev–Trinajstić information content (AvgIpc) is 3.08. The second kappa shape index (κ2) is 8.66. The number of nitrogens with zero attached hydrogens (tertiary/aromatic N) is 4. The molecule has 0 spiro atoms. The molecule has 1 aliphatic rings. The number of benzene rings is 1. The van der Waals surface area contributed by atoms with E-state index < -0.39 is 0 Å². The molecule has 0 aliphatic carbocycles. The second-order valence-electron chi connectivity index (χ2n) is 7.21. The Morgan fingerprint density at radius 3 is 2.55 bits per heavy atom. The fraction of sp³-hybridized carbons (Fsp3) is 0.273. The van der Waals surface area contributed by atoms with Crippen LogP contribution < -0.4 is 5.32 Å². The van der Waals surface area contributed by atoms with Gasteiger partial charge < -0.3 is 9.72 Å². The molecule has 1 aromatic carbocycles. The number of carbonyl (C=O) groups excluding carboxylic acids is 1. The average molecular weight is 408 g/mol. The van der Waals surface area contributed by atoms with Crippen molar-refractivity contribution in [3.63, 3.8) is 0 Å². The molecule has 0 unspecified atom stereocenters. The third-order valence-electron chi connectivity index (χ3n) is 5.25. The maximum atomic E-state index is 12.3. The van der Waals surface area contributed by atoms with Gasteiger partial charge in [0.1, 0.15) is 6.07 Å². The van der Waals surface area contributed by atoms with E-state index in [2.05, 4.69) is 21.2 Å². The van der Waals surface area contributed by atoms with Gasteiger partial charge in [-0.3, -0.25) is 14.6 Å². The Balaban J connectivity index is 1.31. The van der Waals surface area contributed by atoms with E-state index in [1.807, 2.05) is 47.1 Å². The highest BCUT2D eigenvalue weighted by molar-refractivity contribution is 6.33. The topological polar surface area (TPSA) is 63.8 Å². The highest BCUT2D eigenvalue weighted by Gasteiger charge is 2.21. The third kappa shape index (κ3) is 4.43. The molecule has 148 valence electrons. The first-order valence-corrected chi connectivity index (χ1v) is 9.99. The largest absolute Gasteiger partial charge is 0.324 e. The van der Waals surface area contributed by atoms with Crippen LogP contribution in [0, 0.1) is 11.3 Å². The number of fused-ring (bicyclic) bond motifs is 1. The van der Waals surface area contributed by atoms with Gasteiger partial charge in [0, 0.05) is 50.7 Å². The molecular weight excluding hydrogens is 386 g/mol. The van der Waals surface area contributed by atoms with Crippen molar-refractivity contribution >= 4 is 28.7 Å². The number of carbonyl (C=O) groups is 1. The van der Waals surface area contributed by atoms with Gasteiger partial charge in [-0.1, -0.05) is 29.8 Å². The van der Waals surface area contributed by atoms with Gasteiger partial charge in [-0.25, -0.2) is 0 Å². The van der Waals surface area contributed by atoms with Crippen molar-refractivity contribution in [1.82, 2.24) is 14.2 Å². The Hall–Kier alpha value is -2.85. The molecule has 0 bridgehead atoms. The summed E-state index contributed by atoms with van der Waals surface area (Å²) in [4.78, 5) is 16.8. The number of piperazine rings is 1. The number of nitrogens with one attached hydrogen (secondary N) is 1. The lowest BCUT2D eigenvalue weighted by atomic mass is 10.1. The quantitative estimate of drug-likeness (QED) is 0.705. The van der Waals surface area contributed by atoms with Gasteiger partial charge in [0.25, 0.3) is 0 Å². The fourth-order valence-electron chi connectivity index (χ4n) is 3.73. The summed E-state index contributed by atoms with van der Waals surface area (Å²) in [6.45, 7) is 4.42. The molecule has 29 heavy (non-hydrogen) atoms. The van der Waals surface area contributed by atoms with E-state index in [-0.39, 0.29) is 5.91 Å². The summed E-state index contributed by atoms with van der Waals surface area (Å²) in [5.41, 5.74) is 3.37. The predicted octanol–water partition coefficient (Wildman–Crippen LogP) is 3.22. The Labute approximate surface area is 174 Å². The summed E-state index contributed by atoms with van der Waals surface area (Å²) in [6.07, 6.45) is 4.01. The first kappa shape index (κ1) is 19.5. The molecule has 4 rings (SSSR count). The van der Waals surface area contributed by atoms with Crippen LogP contribution in [-0.2, 0) is 11.3 Å².